The van der Waals surface area contributed by atoms with Gasteiger partial charge in [0.25, 0.3) is 0 Å². The fourth-order valence-electron chi connectivity index (χ4n) is 2.35. The second-order valence-electron chi connectivity index (χ2n) is 4.37. The summed E-state index contributed by atoms with van der Waals surface area (Å²) in [5.41, 5.74) is 2.38. The van der Waals surface area contributed by atoms with Crippen LogP contribution in [-0.2, 0) is 0 Å². The third kappa shape index (κ3) is 1.77. The summed E-state index contributed by atoms with van der Waals surface area (Å²) >= 11 is 0. The normalized spacial score (nSPS) is 16.2. The molecule has 3 rings (SSSR count). The van der Waals surface area contributed by atoms with Crippen LogP contribution in [0.15, 0.2) is 40.2 Å². The van der Waals surface area contributed by atoms with E-state index in [1.54, 1.807) is 0 Å². The van der Waals surface area contributed by atoms with Crippen molar-refractivity contribution in [1.29, 1.82) is 0 Å². The average molecular weight is 245 g/mol. The van der Waals surface area contributed by atoms with Crippen LogP contribution in [0.4, 0.5) is 5.69 Å². The molecule has 1 aromatic carbocycles. The Bertz CT molecular complexity index is 620. The van der Waals surface area contributed by atoms with Crippen LogP contribution in [0.2, 0.25) is 0 Å². The lowest BCUT2D eigenvalue weighted by molar-refractivity contribution is 0.350. The van der Waals surface area contributed by atoms with Gasteiger partial charge in [-0.05, 0) is 18.3 Å². The van der Waals surface area contributed by atoms with Gasteiger partial charge >= 0.3 is 5.76 Å². The number of aromatic amines is 1. The Morgan fingerprint density at radius 1 is 1.28 bits per heavy atom. The minimum Gasteiger partial charge on any atom is -0.406 e. The number of H-pyrrole nitrogens is 1. The smallest absolute Gasteiger partial charge is 0.406 e. The van der Waals surface area contributed by atoms with Crippen molar-refractivity contribution in [3.05, 3.63) is 41.5 Å². The van der Waals surface area contributed by atoms with Gasteiger partial charge in [0.15, 0.2) is 5.58 Å². The van der Waals surface area contributed by atoms with Crippen LogP contribution >= 0.6 is 0 Å². The van der Waals surface area contributed by atoms with E-state index in [0.717, 1.165) is 37.4 Å². The van der Waals surface area contributed by atoms with E-state index in [0.29, 0.717) is 5.58 Å². The summed E-state index contributed by atoms with van der Waals surface area (Å²) in [6.07, 6.45) is 1.87. The van der Waals surface area contributed by atoms with Crippen molar-refractivity contribution in [1.82, 2.24) is 9.88 Å². The Morgan fingerprint density at radius 3 is 2.78 bits per heavy atom. The highest BCUT2D eigenvalue weighted by Gasteiger charge is 2.18. The highest BCUT2D eigenvalue weighted by atomic mass is 16.4. The molecule has 2 heterocycles. The third-order valence-electron chi connectivity index (χ3n) is 3.34. The van der Waals surface area contributed by atoms with Crippen molar-refractivity contribution in [2.75, 3.05) is 31.1 Å². The summed E-state index contributed by atoms with van der Waals surface area (Å²) in [7, 11) is 0. The molecule has 2 aromatic rings. The number of hydrogen-bond acceptors (Lipinski definition) is 4. The molecule has 0 spiro atoms. The van der Waals surface area contributed by atoms with E-state index in [-0.39, 0.29) is 0 Å². The van der Waals surface area contributed by atoms with Crippen LogP contribution in [0.5, 0.6) is 0 Å². The molecule has 18 heavy (non-hydrogen) atoms. The third-order valence-corrected chi connectivity index (χ3v) is 3.34. The topological polar surface area (TPSA) is 52.5 Å². The number of aromatic nitrogens is 1. The fraction of sp³-hybridized carbons (Fsp3) is 0.308. The van der Waals surface area contributed by atoms with Gasteiger partial charge in [-0.15, -0.1) is 0 Å². The molecule has 0 unspecified atom stereocenters. The quantitative estimate of drug-likeness (QED) is 0.868. The summed E-state index contributed by atoms with van der Waals surface area (Å²) in [5, 5.41) is 0. The number of hydrogen-bond donors (Lipinski definition) is 1. The van der Waals surface area contributed by atoms with Crippen molar-refractivity contribution >= 4 is 16.8 Å². The Labute approximate surface area is 104 Å². The van der Waals surface area contributed by atoms with Gasteiger partial charge in [0.05, 0.1) is 11.2 Å². The maximum atomic E-state index is 11.3. The maximum Gasteiger partial charge on any atom is 0.417 e. The highest BCUT2D eigenvalue weighted by molar-refractivity contribution is 5.86. The standard InChI is InChI=1S/C13H15N3O2/c1-2-15-6-8-16(9-7-15)11-5-3-4-10-12(11)18-13(17)14-10/h2-5H,1,6-9H2,(H,14,17). The van der Waals surface area contributed by atoms with Gasteiger partial charge in [0, 0.05) is 26.2 Å². The number of rotatable bonds is 2. The Balaban J connectivity index is 1.95. The predicted octanol–water partition coefficient (Wildman–Crippen LogP) is 1.39. The van der Waals surface area contributed by atoms with Gasteiger partial charge in [-0.1, -0.05) is 12.6 Å². The van der Waals surface area contributed by atoms with Crippen molar-refractivity contribution in [2.45, 2.75) is 0 Å². The Hall–Kier alpha value is -2.17. The molecular formula is C13H15N3O2. The first-order valence-electron chi connectivity index (χ1n) is 6.01. The maximum absolute atomic E-state index is 11.3. The number of nitrogens with zero attached hydrogens (tertiary/aromatic N) is 2. The first-order chi connectivity index (χ1) is 8.78. The first kappa shape index (κ1) is 11.0. The summed E-state index contributed by atoms with van der Waals surface area (Å²) in [6, 6.07) is 5.77. The van der Waals surface area contributed by atoms with Crippen LogP contribution in [0.3, 0.4) is 0 Å². The number of anilines is 1. The number of benzene rings is 1. The molecule has 0 atom stereocenters. The Kier molecular flexibility index (Phi) is 2.59. The van der Waals surface area contributed by atoms with Crippen LogP contribution in [0.25, 0.3) is 11.1 Å². The summed E-state index contributed by atoms with van der Waals surface area (Å²) in [4.78, 5) is 18.4. The lowest BCUT2D eigenvalue weighted by Gasteiger charge is -2.35. The number of oxazole rings is 1. The van der Waals surface area contributed by atoms with Crippen LogP contribution < -0.4 is 10.7 Å². The van der Waals surface area contributed by atoms with Crippen LogP contribution in [0, 0.1) is 0 Å². The zero-order valence-corrected chi connectivity index (χ0v) is 10.1. The lowest BCUT2D eigenvalue weighted by Crippen LogP contribution is -2.44. The number of nitrogens with one attached hydrogen (secondary N) is 1. The molecule has 0 saturated carbocycles. The molecular weight excluding hydrogens is 230 g/mol. The molecule has 0 aliphatic carbocycles. The van der Waals surface area contributed by atoms with E-state index in [9.17, 15) is 4.79 Å². The second-order valence-corrected chi connectivity index (χ2v) is 4.37. The molecule has 1 aliphatic heterocycles. The molecule has 1 aromatic heterocycles. The van der Waals surface area contributed by atoms with Crippen molar-refractivity contribution in [3.8, 4) is 0 Å². The molecule has 1 aliphatic rings. The van der Waals surface area contributed by atoms with Crippen molar-refractivity contribution in [2.24, 2.45) is 0 Å². The molecule has 1 N–H and O–H groups in total. The van der Waals surface area contributed by atoms with Gasteiger partial charge in [0.2, 0.25) is 0 Å². The van der Waals surface area contributed by atoms with E-state index in [1.807, 2.05) is 24.4 Å². The SMILES string of the molecule is C=CN1CCN(c2cccc3[nH]c(=O)oc23)CC1. The molecule has 0 amide bonds. The predicted molar refractivity (Wildman–Crippen MR) is 70.8 cm³/mol. The van der Waals surface area contributed by atoms with Gasteiger partial charge in [-0.2, -0.15) is 0 Å². The van der Waals surface area contributed by atoms with E-state index >= 15 is 0 Å². The van der Waals surface area contributed by atoms with Crippen LogP contribution in [0.1, 0.15) is 0 Å². The van der Waals surface area contributed by atoms with Crippen molar-refractivity contribution in [3.63, 3.8) is 0 Å². The highest BCUT2D eigenvalue weighted by Crippen LogP contribution is 2.25. The minimum absolute atomic E-state index is 0.401. The summed E-state index contributed by atoms with van der Waals surface area (Å²) < 4.78 is 5.22. The average Bonchev–Trinajstić information content (AvgIpc) is 2.79. The van der Waals surface area contributed by atoms with Gasteiger partial charge in [0.1, 0.15) is 0 Å². The molecule has 0 radical (unpaired) electrons. The largest absolute Gasteiger partial charge is 0.417 e. The molecule has 94 valence electrons. The molecule has 0 bridgehead atoms. The van der Waals surface area contributed by atoms with Gasteiger partial charge in [-0.25, -0.2) is 4.79 Å². The lowest BCUT2D eigenvalue weighted by atomic mass is 10.2. The van der Waals surface area contributed by atoms with E-state index < -0.39 is 5.76 Å². The number of para-hydroxylation sites is 1. The first-order valence-corrected chi connectivity index (χ1v) is 6.01. The number of fused-ring (bicyclic) bond motifs is 1. The second kappa shape index (κ2) is 4.25. The zero-order valence-electron chi connectivity index (χ0n) is 10.1. The minimum atomic E-state index is -0.401. The summed E-state index contributed by atoms with van der Waals surface area (Å²) in [6.45, 7) is 7.46. The molecule has 5 nitrogen and oxygen atoms in total. The summed E-state index contributed by atoms with van der Waals surface area (Å²) in [5.74, 6) is -0.401. The molecule has 1 saturated heterocycles. The van der Waals surface area contributed by atoms with Crippen molar-refractivity contribution < 1.29 is 4.42 Å². The van der Waals surface area contributed by atoms with Gasteiger partial charge in [-0.3, -0.25) is 4.98 Å². The van der Waals surface area contributed by atoms with E-state index in [2.05, 4.69) is 21.4 Å². The molecule has 1 fully saturated rings. The molecule has 5 heteroatoms. The monoisotopic (exact) mass is 245 g/mol. The van der Waals surface area contributed by atoms with E-state index in [1.165, 1.54) is 0 Å². The van der Waals surface area contributed by atoms with E-state index in [4.69, 9.17) is 4.42 Å². The van der Waals surface area contributed by atoms with Gasteiger partial charge < -0.3 is 14.2 Å². The zero-order chi connectivity index (χ0) is 12.5. The number of piperazine rings is 1. The Morgan fingerprint density at radius 2 is 2.06 bits per heavy atom. The fourth-order valence-corrected chi connectivity index (χ4v) is 2.35. The van der Waals surface area contributed by atoms with Crippen LogP contribution in [-0.4, -0.2) is 36.1 Å².